The molecule has 0 saturated heterocycles. The Kier molecular flexibility index (Phi) is 6.91. The number of rotatable bonds is 5. The minimum Gasteiger partial charge on any atom is -0.325 e. The summed E-state index contributed by atoms with van der Waals surface area (Å²) in [6.07, 6.45) is -4.63. The number of para-hydroxylation sites is 1. The molecule has 32 heavy (non-hydrogen) atoms. The van der Waals surface area contributed by atoms with E-state index in [2.05, 4.69) is 15.3 Å². The summed E-state index contributed by atoms with van der Waals surface area (Å²) >= 11 is 6.71. The zero-order valence-corrected chi connectivity index (χ0v) is 17.9. The Morgan fingerprint density at radius 1 is 1.22 bits per heavy atom. The highest BCUT2D eigenvalue weighted by molar-refractivity contribution is 8.00. The molecule has 1 amide bonds. The molecule has 0 aliphatic heterocycles. The van der Waals surface area contributed by atoms with Crippen LogP contribution in [0.2, 0.25) is 5.02 Å². The van der Waals surface area contributed by atoms with Crippen LogP contribution >= 0.6 is 23.4 Å². The molecule has 0 radical (unpaired) electrons. The Balaban J connectivity index is 1.86. The van der Waals surface area contributed by atoms with E-state index in [9.17, 15) is 28.0 Å². The second-order valence-electron chi connectivity index (χ2n) is 6.51. The number of hydrogen-bond donors (Lipinski definition) is 2. The number of nitrogens with zero attached hydrogens (tertiary/aromatic N) is 2. The fourth-order valence-corrected chi connectivity index (χ4v) is 3.65. The van der Waals surface area contributed by atoms with Gasteiger partial charge in [0.05, 0.1) is 22.2 Å². The molecular formula is C21H14ClF3N4O2S. The molecule has 2 N–H and O–H groups in total. The van der Waals surface area contributed by atoms with Gasteiger partial charge in [-0.15, -0.1) is 0 Å². The van der Waals surface area contributed by atoms with E-state index >= 15 is 0 Å². The van der Waals surface area contributed by atoms with Crippen LogP contribution in [0.4, 0.5) is 18.9 Å². The van der Waals surface area contributed by atoms with Crippen LogP contribution in [0, 0.1) is 11.3 Å². The number of carbonyl (C=O) groups is 1. The average Bonchev–Trinajstić information content (AvgIpc) is 2.73. The number of aromatic nitrogens is 2. The molecule has 0 aliphatic rings. The van der Waals surface area contributed by atoms with Crippen LogP contribution in [0.15, 0.2) is 58.5 Å². The topological polar surface area (TPSA) is 98.6 Å². The van der Waals surface area contributed by atoms with Gasteiger partial charge in [0.1, 0.15) is 11.6 Å². The van der Waals surface area contributed by atoms with Gasteiger partial charge in [-0.2, -0.15) is 18.4 Å². The van der Waals surface area contributed by atoms with E-state index in [1.807, 2.05) is 0 Å². The smallest absolute Gasteiger partial charge is 0.325 e. The Hall–Kier alpha value is -3.29. The van der Waals surface area contributed by atoms with Gasteiger partial charge in [0.15, 0.2) is 5.16 Å². The lowest BCUT2D eigenvalue weighted by molar-refractivity contribution is -0.137. The Bertz CT molecular complexity index is 1250. The SMILES string of the molecule is CC(Sc1nc(-c2ccc(Cl)cc2)c(C#N)c(=O)[nH]1)C(=O)Nc1ccccc1C(F)(F)F. The number of hydrogen-bond acceptors (Lipinski definition) is 5. The lowest BCUT2D eigenvalue weighted by Gasteiger charge is -2.16. The number of halogens is 4. The van der Waals surface area contributed by atoms with Gasteiger partial charge in [-0.1, -0.05) is 47.6 Å². The molecule has 0 saturated carbocycles. The Morgan fingerprint density at radius 3 is 2.50 bits per heavy atom. The molecule has 6 nitrogen and oxygen atoms in total. The summed E-state index contributed by atoms with van der Waals surface area (Å²) in [4.78, 5) is 31.6. The van der Waals surface area contributed by atoms with E-state index < -0.39 is 28.5 Å². The van der Waals surface area contributed by atoms with Gasteiger partial charge in [0.25, 0.3) is 5.56 Å². The minimum atomic E-state index is -4.63. The first-order valence-corrected chi connectivity index (χ1v) is 10.3. The molecule has 11 heteroatoms. The predicted octanol–water partition coefficient (Wildman–Crippen LogP) is 5.10. The largest absolute Gasteiger partial charge is 0.418 e. The van der Waals surface area contributed by atoms with Crippen LogP contribution in [0.3, 0.4) is 0 Å². The van der Waals surface area contributed by atoms with Crippen molar-refractivity contribution in [2.45, 2.75) is 23.5 Å². The summed E-state index contributed by atoms with van der Waals surface area (Å²) in [5.41, 5.74) is -1.69. The van der Waals surface area contributed by atoms with E-state index in [-0.39, 0.29) is 22.1 Å². The average molecular weight is 479 g/mol. The van der Waals surface area contributed by atoms with Crippen molar-refractivity contribution in [2.75, 3.05) is 5.32 Å². The fourth-order valence-electron chi connectivity index (χ4n) is 2.72. The van der Waals surface area contributed by atoms with Gasteiger partial charge in [0, 0.05) is 10.6 Å². The van der Waals surface area contributed by atoms with Crippen LogP contribution in [-0.2, 0) is 11.0 Å². The lowest BCUT2D eigenvalue weighted by Crippen LogP contribution is -2.25. The highest BCUT2D eigenvalue weighted by Gasteiger charge is 2.34. The maximum Gasteiger partial charge on any atom is 0.418 e. The Labute approximate surface area is 189 Å². The quantitative estimate of drug-likeness (QED) is 0.392. The number of nitriles is 1. The van der Waals surface area contributed by atoms with Crippen LogP contribution in [-0.4, -0.2) is 21.1 Å². The highest BCUT2D eigenvalue weighted by Crippen LogP contribution is 2.35. The number of benzene rings is 2. The number of nitrogens with one attached hydrogen (secondary N) is 2. The van der Waals surface area contributed by atoms with E-state index in [4.69, 9.17) is 11.6 Å². The molecule has 0 aliphatic carbocycles. The number of thioether (sulfide) groups is 1. The van der Waals surface area contributed by atoms with Crippen molar-refractivity contribution in [3.05, 3.63) is 75.0 Å². The van der Waals surface area contributed by atoms with Crippen LogP contribution in [0.5, 0.6) is 0 Å². The molecule has 164 valence electrons. The van der Waals surface area contributed by atoms with Crippen molar-refractivity contribution >= 4 is 35.0 Å². The summed E-state index contributed by atoms with van der Waals surface area (Å²) in [7, 11) is 0. The molecule has 0 bridgehead atoms. The maximum atomic E-state index is 13.2. The van der Waals surface area contributed by atoms with Gasteiger partial charge < -0.3 is 10.3 Å². The molecule has 3 rings (SSSR count). The van der Waals surface area contributed by atoms with E-state index in [0.29, 0.717) is 10.6 Å². The van der Waals surface area contributed by atoms with Gasteiger partial charge in [-0.3, -0.25) is 9.59 Å². The third kappa shape index (κ3) is 5.30. The summed E-state index contributed by atoms with van der Waals surface area (Å²) in [5, 5.41) is 11.2. The third-order valence-electron chi connectivity index (χ3n) is 4.28. The van der Waals surface area contributed by atoms with Crippen molar-refractivity contribution in [1.29, 1.82) is 5.26 Å². The number of anilines is 1. The van der Waals surface area contributed by atoms with Gasteiger partial charge in [-0.25, -0.2) is 4.98 Å². The molecule has 0 spiro atoms. The third-order valence-corrected chi connectivity index (χ3v) is 5.51. The van der Waals surface area contributed by atoms with Crippen molar-refractivity contribution in [1.82, 2.24) is 9.97 Å². The zero-order valence-electron chi connectivity index (χ0n) is 16.3. The predicted molar refractivity (Wildman–Crippen MR) is 115 cm³/mol. The first-order valence-electron chi connectivity index (χ1n) is 9.04. The van der Waals surface area contributed by atoms with Crippen LogP contribution in [0.1, 0.15) is 18.1 Å². The van der Waals surface area contributed by atoms with Crippen LogP contribution < -0.4 is 10.9 Å². The molecule has 0 fully saturated rings. The molecule has 1 atom stereocenters. The first kappa shape index (κ1) is 23.4. The number of amides is 1. The normalized spacial score (nSPS) is 12.1. The summed E-state index contributed by atoms with van der Waals surface area (Å²) in [5.74, 6) is -0.716. The Morgan fingerprint density at radius 2 is 1.88 bits per heavy atom. The summed E-state index contributed by atoms with van der Waals surface area (Å²) < 4.78 is 39.5. The van der Waals surface area contributed by atoms with Crippen molar-refractivity contribution in [3.63, 3.8) is 0 Å². The van der Waals surface area contributed by atoms with Crippen molar-refractivity contribution < 1.29 is 18.0 Å². The number of aromatic amines is 1. The number of H-pyrrole nitrogens is 1. The molecule has 2 aromatic carbocycles. The van der Waals surface area contributed by atoms with Crippen molar-refractivity contribution in [3.8, 4) is 17.3 Å². The zero-order chi connectivity index (χ0) is 23.5. The van der Waals surface area contributed by atoms with E-state index in [1.165, 1.54) is 19.1 Å². The standard InChI is InChI=1S/C21H14ClF3N4O2S/c1-11(18(30)27-16-5-3-2-4-15(16)21(23,24)25)32-20-28-17(14(10-26)19(31)29-20)12-6-8-13(22)9-7-12/h2-9,11H,1H3,(H,27,30)(H,28,29,31). The first-order chi connectivity index (χ1) is 15.1. The maximum absolute atomic E-state index is 13.2. The summed E-state index contributed by atoms with van der Waals surface area (Å²) in [6.45, 7) is 1.45. The molecule has 1 heterocycles. The van der Waals surface area contributed by atoms with Crippen LogP contribution in [0.25, 0.3) is 11.3 Å². The fraction of sp³-hybridized carbons (Fsp3) is 0.143. The van der Waals surface area contributed by atoms with Crippen molar-refractivity contribution in [2.24, 2.45) is 0 Å². The second kappa shape index (κ2) is 9.46. The molecule has 1 aromatic heterocycles. The van der Waals surface area contributed by atoms with E-state index in [1.54, 1.807) is 30.3 Å². The van der Waals surface area contributed by atoms with Gasteiger partial charge in [0.2, 0.25) is 5.91 Å². The van der Waals surface area contributed by atoms with Gasteiger partial charge in [-0.05, 0) is 31.2 Å². The minimum absolute atomic E-state index is 0.0331. The van der Waals surface area contributed by atoms with Gasteiger partial charge >= 0.3 is 6.18 Å². The number of alkyl halides is 3. The molecular weight excluding hydrogens is 465 g/mol. The number of carbonyl (C=O) groups excluding carboxylic acids is 1. The lowest BCUT2D eigenvalue weighted by atomic mass is 10.1. The highest BCUT2D eigenvalue weighted by atomic mass is 35.5. The molecule has 1 unspecified atom stereocenters. The second-order valence-corrected chi connectivity index (χ2v) is 8.27. The van der Waals surface area contributed by atoms with E-state index in [0.717, 1.165) is 23.9 Å². The molecule has 3 aromatic rings. The summed E-state index contributed by atoms with van der Waals surface area (Å²) in [6, 6.07) is 12.7. The monoisotopic (exact) mass is 478 g/mol.